The average Bonchev–Trinajstić information content (AvgIpc) is 3.02. The van der Waals surface area contributed by atoms with E-state index < -0.39 is 6.10 Å². The molecule has 4 rings (SSSR count). The van der Waals surface area contributed by atoms with E-state index in [1.54, 1.807) is 16.7 Å². The van der Waals surface area contributed by atoms with Gasteiger partial charge in [-0.1, -0.05) is 46.3 Å². The Bertz CT molecular complexity index is 787. The second kappa shape index (κ2) is 6.96. The Morgan fingerprint density at radius 3 is 2.55 bits per heavy atom. The van der Waals surface area contributed by atoms with Gasteiger partial charge >= 0.3 is 0 Å². The summed E-state index contributed by atoms with van der Waals surface area (Å²) in [7, 11) is 0. The van der Waals surface area contributed by atoms with E-state index in [0.717, 1.165) is 38.5 Å². The molecule has 0 heterocycles. The number of hydrogen-bond acceptors (Lipinski definition) is 3. The number of hydrogen-bond donors (Lipinski definition) is 2. The number of allylic oxidation sites excluding steroid dienone is 4. The van der Waals surface area contributed by atoms with E-state index in [1.807, 2.05) is 0 Å². The van der Waals surface area contributed by atoms with Crippen LogP contribution in [0, 0.1) is 45.3 Å². The monoisotopic (exact) mass is 397 g/mol. The van der Waals surface area contributed by atoms with Crippen LogP contribution in [0.15, 0.2) is 22.8 Å². The first kappa shape index (κ1) is 21.1. The molecule has 0 aromatic heterocycles. The van der Waals surface area contributed by atoms with Gasteiger partial charge in [-0.25, -0.2) is 0 Å². The summed E-state index contributed by atoms with van der Waals surface area (Å²) in [5, 5.41) is 30.2. The molecule has 7 atom stereocenters. The van der Waals surface area contributed by atoms with Crippen molar-refractivity contribution in [3.63, 3.8) is 0 Å². The van der Waals surface area contributed by atoms with E-state index in [-0.39, 0.29) is 34.7 Å². The summed E-state index contributed by atoms with van der Waals surface area (Å²) in [6.45, 7) is 11.6. The molecular weight excluding hydrogens is 358 g/mol. The molecule has 29 heavy (non-hydrogen) atoms. The number of fused-ring (bicyclic) bond motifs is 4. The van der Waals surface area contributed by atoms with Crippen LogP contribution in [0.25, 0.3) is 0 Å². The fraction of sp³-hybridized carbons (Fsp3) is 0.808. The van der Waals surface area contributed by atoms with Crippen molar-refractivity contribution in [3.05, 3.63) is 22.8 Å². The molecule has 4 aliphatic carbocycles. The molecule has 1 saturated carbocycles. The molecule has 0 bridgehead atoms. The summed E-state index contributed by atoms with van der Waals surface area (Å²) in [6, 6.07) is 2.15. The molecule has 0 amide bonds. The lowest BCUT2D eigenvalue weighted by atomic mass is 9.46. The smallest absolute Gasteiger partial charge is 0.0698 e. The fourth-order valence-corrected chi connectivity index (χ4v) is 8.06. The number of nitriles is 1. The van der Waals surface area contributed by atoms with E-state index in [2.05, 4.69) is 46.8 Å². The summed E-state index contributed by atoms with van der Waals surface area (Å²) in [6.07, 6.45) is 9.63. The Hall–Kier alpha value is -1.11. The van der Waals surface area contributed by atoms with Crippen LogP contribution in [-0.2, 0) is 0 Å². The van der Waals surface area contributed by atoms with Crippen molar-refractivity contribution in [1.29, 1.82) is 5.26 Å². The van der Waals surface area contributed by atoms with Crippen LogP contribution in [0.4, 0.5) is 0 Å². The lowest BCUT2D eigenvalue weighted by Crippen LogP contribution is -2.53. The van der Waals surface area contributed by atoms with Crippen molar-refractivity contribution < 1.29 is 10.2 Å². The minimum atomic E-state index is -0.529. The average molecular weight is 398 g/mol. The molecule has 1 fully saturated rings. The number of nitrogens with zero attached hydrogens (tertiary/aromatic N) is 1. The van der Waals surface area contributed by atoms with Gasteiger partial charge in [0.1, 0.15) is 0 Å². The highest BCUT2D eigenvalue weighted by atomic mass is 16.3. The van der Waals surface area contributed by atoms with Gasteiger partial charge in [-0.15, -0.1) is 0 Å². The lowest BCUT2D eigenvalue weighted by Gasteiger charge is -2.59. The van der Waals surface area contributed by atoms with Crippen LogP contribution in [0.5, 0.6) is 0 Å². The van der Waals surface area contributed by atoms with E-state index >= 15 is 0 Å². The van der Waals surface area contributed by atoms with E-state index in [4.69, 9.17) is 5.26 Å². The second-order valence-corrected chi connectivity index (χ2v) is 11.5. The van der Waals surface area contributed by atoms with E-state index in [1.165, 1.54) is 6.42 Å². The Balaban J connectivity index is 1.68. The molecule has 4 aliphatic rings. The highest BCUT2D eigenvalue weighted by molar-refractivity contribution is 5.49. The van der Waals surface area contributed by atoms with Crippen molar-refractivity contribution in [2.24, 2.45) is 34.0 Å². The molecule has 3 nitrogen and oxygen atoms in total. The summed E-state index contributed by atoms with van der Waals surface area (Å²) in [5.41, 5.74) is 5.18. The topological polar surface area (TPSA) is 64.2 Å². The third-order valence-corrected chi connectivity index (χ3v) is 9.97. The summed E-state index contributed by atoms with van der Waals surface area (Å²) in [4.78, 5) is 0. The quantitative estimate of drug-likeness (QED) is 0.657. The summed E-state index contributed by atoms with van der Waals surface area (Å²) < 4.78 is 0. The third-order valence-electron chi connectivity index (χ3n) is 9.97. The maximum absolute atomic E-state index is 10.7. The van der Waals surface area contributed by atoms with Gasteiger partial charge in [0.25, 0.3) is 0 Å². The lowest BCUT2D eigenvalue weighted by molar-refractivity contribution is -0.0906. The first-order chi connectivity index (χ1) is 13.6. The Morgan fingerprint density at radius 1 is 1.14 bits per heavy atom. The zero-order valence-electron chi connectivity index (χ0n) is 19.0. The molecule has 0 aliphatic heterocycles. The minimum absolute atomic E-state index is 0.0191. The van der Waals surface area contributed by atoms with Crippen LogP contribution in [0.2, 0.25) is 0 Å². The van der Waals surface area contributed by atoms with Crippen molar-refractivity contribution in [1.82, 2.24) is 0 Å². The molecule has 0 spiro atoms. The van der Waals surface area contributed by atoms with Crippen molar-refractivity contribution in [3.8, 4) is 6.07 Å². The van der Waals surface area contributed by atoms with Gasteiger partial charge in [0.2, 0.25) is 0 Å². The van der Waals surface area contributed by atoms with Gasteiger partial charge in [-0.2, -0.15) is 5.26 Å². The molecule has 0 aromatic rings. The molecule has 3 heteroatoms. The predicted octanol–water partition coefficient (Wildman–Crippen LogP) is 5.54. The number of aliphatic hydroxyl groups is 2. The van der Waals surface area contributed by atoms with Crippen LogP contribution in [0.3, 0.4) is 0 Å². The first-order valence-electron chi connectivity index (χ1n) is 11.7. The molecule has 0 radical (unpaired) electrons. The molecular formula is C26H39NO2. The van der Waals surface area contributed by atoms with E-state index in [9.17, 15) is 10.2 Å². The van der Waals surface area contributed by atoms with Crippen molar-refractivity contribution >= 4 is 0 Å². The zero-order chi connectivity index (χ0) is 21.2. The predicted molar refractivity (Wildman–Crippen MR) is 116 cm³/mol. The van der Waals surface area contributed by atoms with E-state index in [0.29, 0.717) is 11.8 Å². The second-order valence-electron chi connectivity index (χ2n) is 11.5. The molecule has 2 unspecified atom stereocenters. The first-order valence-corrected chi connectivity index (χ1v) is 11.7. The van der Waals surface area contributed by atoms with Gasteiger partial charge in [0.05, 0.1) is 24.7 Å². The molecule has 0 aromatic carbocycles. The van der Waals surface area contributed by atoms with Gasteiger partial charge in [0.15, 0.2) is 0 Å². The van der Waals surface area contributed by atoms with Crippen LogP contribution in [-0.4, -0.2) is 22.4 Å². The SMILES string of the molecule is C[C@H](C(O)CC#N)[C@H]1CC=C2C3=C(CC[C@@]21C)[C@@]1(C)CCC(O)C(C)(C)[C@H]1CC3. The van der Waals surface area contributed by atoms with Crippen LogP contribution < -0.4 is 0 Å². The van der Waals surface area contributed by atoms with Crippen molar-refractivity contribution in [2.75, 3.05) is 0 Å². The number of rotatable bonds is 3. The van der Waals surface area contributed by atoms with Gasteiger partial charge in [-0.05, 0) is 90.1 Å². The summed E-state index contributed by atoms with van der Waals surface area (Å²) in [5.74, 6) is 1.12. The maximum Gasteiger partial charge on any atom is 0.0698 e. The molecule has 0 saturated heterocycles. The Kier molecular flexibility index (Phi) is 5.07. The largest absolute Gasteiger partial charge is 0.393 e. The maximum atomic E-state index is 10.7. The van der Waals surface area contributed by atoms with Crippen LogP contribution in [0.1, 0.15) is 86.0 Å². The summed E-state index contributed by atoms with van der Waals surface area (Å²) >= 11 is 0. The molecule has 2 N–H and O–H groups in total. The molecule has 160 valence electrons. The van der Waals surface area contributed by atoms with Gasteiger partial charge < -0.3 is 10.2 Å². The van der Waals surface area contributed by atoms with Gasteiger partial charge in [-0.3, -0.25) is 0 Å². The van der Waals surface area contributed by atoms with Gasteiger partial charge in [0, 0.05) is 0 Å². The Morgan fingerprint density at radius 2 is 1.86 bits per heavy atom. The Labute approximate surface area is 176 Å². The third kappa shape index (κ3) is 2.89. The normalized spacial score (nSPS) is 42.8. The highest BCUT2D eigenvalue weighted by Gasteiger charge is 2.57. The number of aliphatic hydroxyl groups excluding tert-OH is 2. The fourth-order valence-electron chi connectivity index (χ4n) is 8.06. The minimum Gasteiger partial charge on any atom is -0.393 e. The zero-order valence-corrected chi connectivity index (χ0v) is 19.0. The van der Waals surface area contributed by atoms with Crippen LogP contribution >= 0.6 is 0 Å². The highest BCUT2D eigenvalue weighted by Crippen LogP contribution is 2.66. The standard InChI is InChI=1S/C26H39NO2/c1-16(21(28)12-15-27)18-7-8-19-17-6-9-22-24(2,3)23(29)11-14-26(22,5)20(17)10-13-25(18,19)4/h8,16,18,21-23,28-29H,6-7,9-14H2,1-5H3/t16-,18+,21?,22+,23?,25+,26+/m0/s1. The van der Waals surface area contributed by atoms with Crippen molar-refractivity contribution in [2.45, 2.75) is 98.2 Å².